The van der Waals surface area contributed by atoms with Crippen molar-refractivity contribution >= 4 is 64.3 Å². The zero-order chi connectivity index (χ0) is 29.4. The van der Waals surface area contributed by atoms with E-state index in [1.165, 1.54) is 18.2 Å². The molecular weight excluding hydrogens is 512 g/mol. The molecule has 3 aromatic carbocycles. The molecule has 204 valence electrons. The normalized spacial score (nSPS) is 10.2. The molecule has 0 saturated carbocycles. The highest BCUT2D eigenvalue weighted by Crippen LogP contribution is 2.32. The molecular formula is C29H28N6O5. The van der Waals surface area contributed by atoms with Gasteiger partial charge in [0.15, 0.2) is 0 Å². The van der Waals surface area contributed by atoms with Crippen molar-refractivity contribution in [3.63, 3.8) is 0 Å². The van der Waals surface area contributed by atoms with Crippen LogP contribution in [-0.4, -0.2) is 30.1 Å². The number of hydrogen-bond acceptors (Lipinski definition) is 7. The van der Waals surface area contributed by atoms with Gasteiger partial charge in [0.2, 0.25) is 18.1 Å². The molecule has 3 rings (SSSR count). The van der Waals surface area contributed by atoms with E-state index in [1.807, 2.05) is 0 Å². The van der Waals surface area contributed by atoms with E-state index in [-0.39, 0.29) is 23.2 Å². The van der Waals surface area contributed by atoms with E-state index < -0.39 is 12.1 Å². The molecule has 0 fully saturated rings. The predicted octanol–water partition coefficient (Wildman–Crippen LogP) is 6.41. The molecule has 0 aliphatic heterocycles. The molecule has 0 aromatic heterocycles. The molecule has 11 heteroatoms. The monoisotopic (exact) mass is 540 g/mol. The maximum Gasteiger partial charge on any atom is 0.334 e. The first kappa shape index (κ1) is 29.2. The summed E-state index contributed by atoms with van der Waals surface area (Å²) >= 11 is 0. The average Bonchev–Trinajstić information content (AvgIpc) is 2.91. The minimum absolute atomic E-state index is 0.160. The first-order valence-electron chi connectivity index (χ1n) is 12.3. The van der Waals surface area contributed by atoms with Gasteiger partial charge < -0.3 is 16.0 Å². The number of imide groups is 1. The number of benzene rings is 3. The lowest BCUT2D eigenvalue weighted by Crippen LogP contribution is -2.43. The summed E-state index contributed by atoms with van der Waals surface area (Å²) in [6, 6.07) is 12.8. The SMILES string of the molecule is Cc1c(N=C=O)cccc1NC(=O)N(C(=O)Nc1cccc(NC(=O)C(C)C)c1C)c1cccc(N=C=O)c1C. The number of nitrogens with one attached hydrogen (secondary N) is 3. The lowest BCUT2D eigenvalue weighted by atomic mass is 10.1. The lowest BCUT2D eigenvalue weighted by molar-refractivity contribution is -0.118. The maximum atomic E-state index is 13.7. The van der Waals surface area contributed by atoms with Crippen LogP contribution in [0.2, 0.25) is 0 Å². The largest absolute Gasteiger partial charge is 0.334 e. The van der Waals surface area contributed by atoms with Crippen LogP contribution in [0.3, 0.4) is 0 Å². The highest BCUT2D eigenvalue weighted by Gasteiger charge is 2.27. The number of hydrogen-bond donors (Lipinski definition) is 3. The van der Waals surface area contributed by atoms with Crippen molar-refractivity contribution in [3.05, 3.63) is 71.3 Å². The van der Waals surface area contributed by atoms with Crippen LogP contribution in [0.5, 0.6) is 0 Å². The molecule has 0 bridgehead atoms. The van der Waals surface area contributed by atoms with Crippen LogP contribution in [0.1, 0.15) is 30.5 Å². The molecule has 40 heavy (non-hydrogen) atoms. The van der Waals surface area contributed by atoms with Gasteiger partial charge in [-0.15, -0.1) is 0 Å². The Hall–Kier alpha value is -5.37. The van der Waals surface area contributed by atoms with E-state index in [0.29, 0.717) is 39.4 Å². The third-order valence-corrected chi connectivity index (χ3v) is 6.16. The van der Waals surface area contributed by atoms with Gasteiger partial charge in [0.25, 0.3) is 0 Å². The molecule has 0 atom stereocenters. The fourth-order valence-electron chi connectivity index (χ4n) is 3.79. The van der Waals surface area contributed by atoms with Gasteiger partial charge in [0, 0.05) is 23.0 Å². The molecule has 0 aliphatic rings. The van der Waals surface area contributed by atoms with Crippen LogP contribution >= 0.6 is 0 Å². The van der Waals surface area contributed by atoms with E-state index in [0.717, 1.165) is 4.90 Å². The molecule has 0 radical (unpaired) electrons. The number of rotatable bonds is 7. The number of carbonyl (C=O) groups excluding carboxylic acids is 5. The van der Waals surface area contributed by atoms with Crippen molar-refractivity contribution in [3.8, 4) is 0 Å². The van der Waals surface area contributed by atoms with E-state index in [2.05, 4.69) is 25.9 Å². The third kappa shape index (κ3) is 6.54. The molecule has 3 N–H and O–H groups in total. The number of nitrogens with zero attached hydrogens (tertiary/aromatic N) is 3. The number of carbonyl (C=O) groups is 3. The van der Waals surface area contributed by atoms with Gasteiger partial charge in [0.1, 0.15) is 0 Å². The maximum absolute atomic E-state index is 13.7. The van der Waals surface area contributed by atoms with Crippen LogP contribution in [0.15, 0.2) is 64.6 Å². The molecule has 3 aromatic rings. The van der Waals surface area contributed by atoms with Crippen molar-refractivity contribution in [2.45, 2.75) is 34.6 Å². The summed E-state index contributed by atoms with van der Waals surface area (Å²) < 4.78 is 0. The summed E-state index contributed by atoms with van der Waals surface area (Å²) in [5.41, 5.74) is 3.32. The van der Waals surface area contributed by atoms with Crippen molar-refractivity contribution in [1.82, 2.24) is 0 Å². The Morgan fingerprint density at radius 1 is 0.675 bits per heavy atom. The quantitative estimate of drug-likeness (QED) is 0.234. The predicted molar refractivity (Wildman–Crippen MR) is 153 cm³/mol. The molecule has 0 aliphatic carbocycles. The molecule has 0 saturated heterocycles. The molecule has 5 amide bonds. The van der Waals surface area contributed by atoms with Gasteiger partial charge in [-0.1, -0.05) is 32.0 Å². The van der Waals surface area contributed by atoms with E-state index >= 15 is 0 Å². The highest BCUT2D eigenvalue weighted by atomic mass is 16.2. The fourth-order valence-corrected chi connectivity index (χ4v) is 3.79. The second kappa shape index (κ2) is 12.9. The van der Waals surface area contributed by atoms with Crippen molar-refractivity contribution in [2.24, 2.45) is 15.9 Å². The number of amides is 5. The Morgan fingerprint density at radius 2 is 1.12 bits per heavy atom. The standard InChI is InChI=1S/C29H28N6O5/c1-17(2)27(38)32-23-11-7-13-25(19(23)4)34-29(40)35(26-14-8-10-22(20(26)5)31-16-37)28(39)33-24-12-6-9-21(18(24)3)30-15-36/h6-14,17H,1-5H3,(H,32,38)(H,33,39)(H,34,40). The summed E-state index contributed by atoms with van der Waals surface area (Å²) in [5.74, 6) is -0.437. The Balaban J connectivity index is 2.05. The van der Waals surface area contributed by atoms with Crippen LogP contribution in [0, 0.1) is 26.7 Å². The summed E-state index contributed by atoms with van der Waals surface area (Å²) in [7, 11) is 0. The van der Waals surface area contributed by atoms with E-state index in [1.54, 1.807) is 83.1 Å². The number of isocyanates is 2. The minimum Gasteiger partial charge on any atom is -0.326 e. The summed E-state index contributed by atoms with van der Waals surface area (Å²) in [6.07, 6.45) is 2.94. The summed E-state index contributed by atoms with van der Waals surface area (Å²) in [6.45, 7) is 8.52. The second-order valence-corrected chi connectivity index (χ2v) is 9.09. The first-order valence-corrected chi connectivity index (χ1v) is 12.3. The number of aliphatic imine (C=N–C) groups is 2. The Morgan fingerprint density at radius 3 is 1.65 bits per heavy atom. The smallest absolute Gasteiger partial charge is 0.326 e. The van der Waals surface area contributed by atoms with E-state index in [9.17, 15) is 24.0 Å². The van der Waals surface area contributed by atoms with Crippen molar-refractivity contribution in [2.75, 3.05) is 20.9 Å². The number of anilines is 4. The average molecular weight is 541 g/mol. The molecule has 0 heterocycles. The van der Waals surface area contributed by atoms with Gasteiger partial charge in [-0.2, -0.15) is 9.98 Å². The molecule has 11 nitrogen and oxygen atoms in total. The fraction of sp³-hybridized carbons (Fsp3) is 0.207. The number of urea groups is 2. The zero-order valence-electron chi connectivity index (χ0n) is 22.7. The molecule has 0 unspecified atom stereocenters. The summed E-state index contributed by atoms with van der Waals surface area (Å²) in [5, 5.41) is 8.25. The van der Waals surface area contributed by atoms with Gasteiger partial charge in [-0.25, -0.2) is 24.1 Å². The van der Waals surface area contributed by atoms with Gasteiger partial charge in [0.05, 0.1) is 17.1 Å². The van der Waals surface area contributed by atoms with Crippen LogP contribution in [0.25, 0.3) is 0 Å². The van der Waals surface area contributed by atoms with Gasteiger partial charge in [-0.3, -0.25) is 4.79 Å². The Labute approximate surface area is 231 Å². The lowest BCUT2D eigenvalue weighted by Gasteiger charge is -2.25. The Kier molecular flexibility index (Phi) is 9.43. The minimum atomic E-state index is -0.829. The van der Waals surface area contributed by atoms with Crippen molar-refractivity contribution in [1.29, 1.82) is 0 Å². The topological polar surface area (TPSA) is 149 Å². The summed E-state index contributed by atoms with van der Waals surface area (Å²) in [4.78, 5) is 69.5. The van der Waals surface area contributed by atoms with Crippen LogP contribution in [-0.2, 0) is 14.4 Å². The highest BCUT2D eigenvalue weighted by molar-refractivity contribution is 6.22. The zero-order valence-corrected chi connectivity index (χ0v) is 22.7. The van der Waals surface area contributed by atoms with Gasteiger partial charge in [-0.05, 0) is 73.9 Å². The van der Waals surface area contributed by atoms with Crippen molar-refractivity contribution < 1.29 is 24.0 Å². The van der Waals surface area contributed by atoms with Gasteiger partial charge >= 0.3 is 12.1 Å². The van der Waals surface area contributed by atoms with E-state index in [4.69, 9.17) is 0 Å². The third-order valence-electron chi connectivity index (χ3n) is 6.16. The molecule has 0 spiro atoms. The van der Waals surface area contributed by atoms with Crippen LogP contribution < -0.4 is 20.9 Å². The first-order chi connectivity index (χ1) is 19.1. The Bertz CT molecular complexity index is 1570. The van der Waals surface area contributed by atoms with Crippen LogP contribution in [0.4, 0.5) is 43.7 Å². The second-order valence-electron chi connectivity index (χ2n) is 9.09.